The fraction of sp³-hybridized carbons (Fsp3) is 0.182. The van der Waals surface area contributed by atoms with Gasteiger partial charge in [-0.1, -0.05) is 30.3 Å². The summed E-state index contributed by atoms with van der Waals surface area (Å²) in [4.78, 5) is 27.4. The number of benzene rings is 2. The molecule has 1 unspecified atom stereocenters. The number of nitro groups is 1. The average Bonchev–Trinajstić information content (AvgIpc) is 2.74. The largest absolute Gasteiger partial charge is 0.497 e. The van der Waals surface area contributed by atoms with Crippen LogP contribution in [0.5, 0.6) is 5.75 Å². The number of methoxy groups -OCH3 is 1. The zero-order chi connectivity index (χ0) is 20.8. The standard InChI is InChI=1S/C22H21N3O4/c1-29-17-8-10-18(21(14-17)25(27)28)16-11-12-24-20(13-16)19(22(23)26)9-7-15-5-3-2-4-6-15/h2-6,8,10-14,19H,7,9H2,1H3,(H2,23,26). The summed E-state index contributed by atoms with van der Waals surface area (Å²) < 4.78 is 5.09. The van der Waals surface area contributed by atoms with Gasteiger partial charge < -0.3 is 10.5 Å². The van der Waals surface area contributed by atoms with Crippen molar-refractivity contribution >= 4 is 11.6 Å². The molecule has 2 N–H and O–H groups in total. The minimum atomic E-state index is -0.590. The number of nitro benzene ring substituents is 1. The molecule has 0 fully saturated rings. The highest BCUT2D eigenvalue weighted by Crippen LogP contribution is 2.34. The number of hydrogen-bond acceptors (Lipinski definition) is 5. The first-order valence-electron chi connectivity index (χ1n) is 9.11. The summed E-state index contributed by atoms with van der Waals surface area (Å²) in [7, 11) is 1.45. The predicted octanol–water partition coefficient (Wildman–Crippen LogP) is 3.87. The number of ether oxygens (including phenoxy) is 1. The summed E-state index contributed by atoms with van der Waals surface area (Å²) in [5.74, 6) is -0.671. The lowest BCUT2D eigenvalue weighted by Gasteiger charge is -2.14. The van der Waals surface area contributed by atoms with Crippen LogP contribution in [-0.2, 0) is 11.2 Å². The van der Waals surface area contributed by atoms with Crippen LogP contribution in [0.2, 0.25) is 0 Å². The molecule has 0 aliphatic heterocycles. The van der Waals surface area contributed by atoms with E-state index in [0.717, 1.165) is 5.56 Å². The summed E-state index contributed by atoms with van der Waals surface area (Å²) >= 11 is 0. The van der Waals surface area contributed by atoms with Gasteiger partial charge in [-0.3, -0.25) is 19.9 Å². The van der Waals surface area contributed by atoms with Crippen molar-refractivity contribution in [2.45, 2.75) is 18.8 Å². The van der Waals surface area contributed by atoms with Gasteiger partial charge in [0, 0.05) is 6.20 Å². The number of nitrogens with zero attached hydrogens (tertiary/aromatic N) is 2. The van der Waals surface area contributed by atoms with Gasteiger partial charge >= 0.3 is 0 Å². The molecule has 29 heavy (non-hydrogen) atoms. The van der Waals surface area contributed by atoms with E-state index in [1.165, 1.54) is 19.4 Å². The molecular weight excluding hydrogens is 370 g/mol. The van der Waals surface area contributed by atoms with Crippen molar-refractivity contribution in [1.82, 2.24) is 4.98 Å². The smallest absolute Gasteiger partial charge is 0.280 e. The molecule has 7 heteroatoms. The van der Waals surface area contributed by atoms with Crippen LogP contribution in [0, 0.1) is 10.1 Å². The Morgan fingerprint density at radius 2 is 1.93 bits per heavy atom. The number of aromatic nitrogens is 1. The van der Waals surface area contributed by atoms with Crippen molar-refractivity contribution in [2.24, 2.45) is 5.73 Å². The molecule has 0 saturated heterocycles. The van der Waals surface area contributed by atoms with Crippen LogP contribution in [-0.4, -0.2) is 22.9 Å². The van der Waals surface area contributed by atoms with Gasteiger partial charge in [-0.2, -0.15) is 0 Å². The summed E-state index contributed by atoms with van der Waals surface area (Å²) in [5, 5.41) is 11.5. The van der Waals surface area contributed by atoms with Gasteiger partial charge in [0.05, 0.1) is 35.3 Å². The fourth-order valence-electron chi connectivity index (χ4n) is 3.23. The Hall–Kier alpha value is -3.74. The number of amides is 1. The fourth-order valence-corrected chi connectivity index (χ4v) is 3.23. The van der Waals surface area contributed by atoms with E-state index in [9.17, 15) is 14.9 Å². The number of nitrogens with two attached hydrogens (primary N) is 1. The van der Waals surface area contributed by atoms with Crippen LogP contribution >= 0.6 is 0 Å². The van der Waals surface area contributed by atoms with Gasteiger partial charge in [-0.25, -0.2) is 0 Å². The molecule has 1 aromatic heterocycles. The lowest BCUT2D eigenvalue weighted by molar-refractivity contribution is -0.384. The molecule has 2 aromatic carbocycles. The molecule has 1 amide bonds. The molecule has 0 spiro atoms. The normalized spacial score (nSPS) is 11.6. The zero-order valence-electron chi connectivity index (χ0n) is 15.9. The summed E-state index contributed by atoms with van der Waals surface area (Å²) in [6.07, 6.45) is 2.71. The van der Waals surface area contributed by atoms with Crippen LogP contribution in [0.4, 0.5) is 5.69 Å². The Kier molecular flexibility index (Phi) is 6.19. The summed E-state index contributed by atoms with van der Waals surface area (Å²) in [6.45, 7) is 0. The molecule has 0 aliphatic rings. The van der Waals surface area contributed by atoms with Crippen molar-refractivity contribution in [3.8, 4) is 16.9 Å². The van der Waals surface area contributed by atoms with Crippen molar-refractivity contribution in [3.05, 3.63) is 88.2 Å². The van der Waals surface area contributed by atoms with E-state index in [0.29, 0.717) is 35.4 Å². The van der Waals surface area contributed by atoms with Crippen LogP contribution in [0.1, 0.15) is 23.6 Å². The zero-order valence-corrected chi connectivity index (χ0v) is 15.9. The third-order valence-corrected chi connectivity index (χ3v) is 4.76. The van der Waals surface area contributed by atoms with E-state index in [1.807, 2.05) is 30.3 Å². The number of carbonyl (C=O) groups is 1. The van der Waals surface area contributed by atoms with Gasteiger partial charge in [0.15, 0.2) is 0 Å². The maximum absolute atomic E-state index is 12.1. The Morgan fingerprint density at radius 3 is 2.59 bits per heavy atom. The molecule has 0 saturated carbocycles. The van der Waals surface area contributed by atoms with Crippen LogP contribution in [0.15, 0.2) is 66.9 Å². The molecule has 148 valence electrons. The first kappa shape index (κ1) is 20.0. The average molecular weight is 391 g/mol. The van der Waals surface area contributed by atoms with Gasteiger partial charge in [0.1, 0.15) is 5.75 Å². The minimum Gasteiger partial charge on any atom is -0.497 e. The summed E-state index contributed by atoms with van der Waals surface area (Å²) in [6, 6.07) is 17.8. The molecule has 3 aromatic rings. The number of carbonyl (C=O) groups excluding carboxylic acids is 1. The highest BCUT2D eigenvalue weighted by Gasteiger charge is 2.22. The van der Waals surface area contributed by atoms with E-state index in [4.69, 9.17) is 10.5 Å². The van der Waals surface area contributed by atoms with Gasteiger partial charge in [0.2, 0.25) is 5.91 Å². The van der Waals surface area contributed by atoms with E-state index in [1.54, 1.807) is 24.3 Å². The minimum absolute atomic E-state index is 0.0820. The molecule has 0 radical (unpaired) electrons. The topological polar surface area (TPSA) is 108 Å². The molecular formula is C22H21N3O4. The second-order valence-electron chi connectivity index (χ2n) is 6.59. The third kappa shape index (κ3) is 4.76. The lowest BCUT2D eigenvalue weighted by Crippen LogP contribution is -2.23. The Labute approximate surface area is 168 Å². The maximum Gasteiger partial charge on any atom is 0.280 e. The molecule has 1 heterocycles. The second kappa shape index (κ2) is 8.97. The molecule has 1 atom stereocenters. The monoisotopic (exact) mass is 391 g/mol. The van der Waals surface area contributed by atoms with E-state index >= 15 is 0 Å². The number of rotatable bonds is 8. The van der Waals surface area contributed by atoms with Crippen molar-refractivity contribution in [1.29, 1.82) is 0 Å². The van der Waals surface area contributed by atoms with E-state index < -0.39 is 16.7 Å². The predicted molar refractivity (Wildman–Crippen MR) is 110 cm³/mol. The van der Waals surface area contributed by atoms with Crippen molar-refractivity contribution in [2.75, 3.05) is 7.11 Å². The Balaban J connectivity index is 1.93. The third-order valence-electron chi connectivity index (χ3n) is 4.76. The van der Waals surface area contributed by atoms with E-state index in [-0.39, 0.29) is 5.69 Å². The quantitative estimate of drug-likeness (QED) is 0.463. The number of aryl methyl sites for hydroxylation is 1. The molecule has 3 rings (SSSR count). The molecule has 7 nitrogen and oxygen atoms in total. The SMILES string of the molecule is COc1ccc(-c2ccnc(C(CCc3ccccc3)C(N)=O)c2)c([N+](=O)[O-])c1. The highest BCUT2D eigenvalue weighted by molar-refractivity contribution is 5.82. The van der Waals surface area contributed by atoms with Gasteiger partial charge in [-0.05, 0) is 48.2 Å². The highest BCUT2D eigenvalue weighted by atomic mass is 16.6. The first-order chi connectivity index (χ1) is 14.0. The van der Waals surface area contributed by atoms with Gasteiger partial charge in [0.25, 0.3) is 5.69 Å². The summed E-state index contributed by atoms with van der Waals surface area (Å²) in [5.41, 5.74) is 8.16. The molecule has 0 bridgehead atoms. The van der Waals surface area contributed by atoms with Crippen LogP contribution in [0.25, 0.3) is 11.1 Å². The maximum atomic E-state index is 12.1. The molecule has 0 aliphatic carbocycles. The number of pyridine rings is 1. The Morgan fingerprint density at radius 1 is 1.17 bits per heavy atom. The first-order valence-corrected chi connectivity index (χ1v) is 9.11. The van der Waals surface area contributed by atoms with E-state index in [2.05, 4.69) is 4.98 Å². The van der Waals surface area contributed by atoms with Gasteiger partial charge in [-0.15, -0.1) is 0 Å². The second-order valence-corrected chi connectivity index (χ2v) is 6.59. The van der Waals surface area contributed by atoms with Crippen molar-refractivity contribution in [3.63, 3.8) is 0 Å². The number of hydrogen-bond donors (Lipinski definition) is 1. The number of primary amides is 1. The van der Waals surface area contributed by atoms with Crippen LogP contribution < -0.4 is 10.5 Å². The Bertz CT molecular complexity index is 1020. The van der Waals surface area contributed by atoms with Crippen LogP contribution in [0.3, 0.4) is 0 Å². The van der Waals surface area contributed by atoms with Crippen molar-refractivity contribution < 1.29 is 14.5 Å². The lowest BCUT2D eigenvalue weighted by atomic mass is 9.93.